The van der Waals surface area contributed by atoms with Crippen molar-refractivity contribution >= 4 is 34.9 Å². The molecule has 2 rings (SSSR count). The molecular weight excluding hydrogens is 398 g/mol. The number of amides is 3. The minimum atomic E-state index is -0.415. The summed E-state index contributed by atoms with van der Waals surface area (Å²) in [6, 6.07) is 11.2. The maximum Gasteiger partial charge on any atom is 0.262 e. The monoisotopic (exact) mass is 425 g/mol. The highest BCUT2D eigenvalue weighted by atomic mass is 16.5. The second kappa shape index (κ2) is 10.9. The van der Waals surface area contributed by atoms with Crippen molar-refractivity contribution in [3.8, 4) is 5.75 Å². The van der Waals surface area contributed by atoms with Crippen LogP contribution in [-0.2, 0) is 9.59 Å². The highest BCUT2D eigenvalue weighted by Crippen LogP contribution is 2.24. The fraction of sp³-hybridized carbons (Fsp3) is 0.304. The molecule has 0 spiro atoms. The molecule has 164 valence electrons. The van der Waals surface area contributed by atoms with Crippen LogP contribution in [0.5, 0.6) is 5.75 Å². The number of benzene rings is 2. The lowest BCUT2D eigenvalue weighted by atomic mass is 10.1. The minimum Gasteiger partial charge on any atom is -0.483 e. The average molecular weight is 425 g/mol. The van der Waals surface area contributed by atoms with E-state index in [1.54, 1.807) is 50.5 Å². The largest absolute Gasteiger partial charge is 0.483 e. The van der Waals surface area contributed by atoms with E-state index in [4.69, 9.17) is 4.74 Å². The zero-order valence-corrected chi connectivity index (χ0v) is 18.2. The zero-order chi connectivity index (χ0) is 23.0. The maximum absolute atomic E-state index is 12.2. The average Bonchev–Trinajstić information content (AvgIpc) is 2.72. The Bertz CT molecular complexity index is 968. The number of nitrogens with one attached hydrogen (secondary N) is 2. The van der Waals surface area contributed by atoms with Crippen molar-refractivity contribution in [1.82, 2.24) is 4.90 Å². The van der Waals surface area contributed by atoms with Gasteiger partial charge in [0.25, 0.3) is 11.8 Å². The summed E-state index contributed by atoms with van der Waals surface area (Å²) in [6.45, 7) is 2.98. The Morgan fingerprint density at radius 3 is 2.10 bits per heavy atom. The summed E-state index contributed by atoms with van der Waals surface area (Å²) in [5, 5.41) is 5.41. The molecule has 0 atom stereocenters. The molecule has 2 N–H and O–H groups in total. The molecule has 8 nitrogen and oxygen atoms in total. The van der Waals surface area contributed by atoms with Gasteiger partial charge in [0, 0.05) is 37.5 Å². The number of nitrogens with zero attached hydrogens (tertiary/aromatic N) is 1. The van der Waals surface area contributed by atoms with E-state index >= 15 is 0 Å². The number of rotatable bonds is 9. The van der Waals surface area contributed by atoms with Crippen LogP contribution in [0.4, 0.5) is 11.4 Å². The van der Waals surface area contributed by atoms with E-state index in [0.29, 0.717) is 23.4 Å². The standard InChI is InChI=1S/C23H27N3O5/c1-5-6-21(28)25-18-11-12-20(19(13-18)15(2)27)31-14-22(29)24-17-9-7-16(8-10-17)23(30)26(3)4/h7-13H,5-6,14H2,1-4H3,(H,24,29)(H,25,28). The molecule has 0 aliphatic heterocycles. The van der Waals surface area contributed by atoms with Gasteiger partial charge in [0.1, 0.15) is 5.75 Å². The Labute approximate surface area is 181 Å². The molecule has 0 aliphatic rings. The first-order chi connectivity index (χ1) is 14.7. The van der Waals surface area contributed by atoms with Crippen molar-refractivity contribution in [2.45, 2.75) is 26.7 Å². The van der Waals surface area contributed by atoms with Gasteiger partial charge in [-0.2, -0.15) is 0 Å². The predicted molar refractivity (Wildman–Crippen MR) is 119 cm³/mol. The highest BCUT2D eigenvalue weighted by Gasteiger charge is 2.13. The molecule has 0 radical (unpaired) electrons. The molecular formula is C23H27N3O5. The third-order valence-electron chi connectivity index (χ3n) is 4.30. The summed E-state index contributed by atoms with van der Waals surface area (Å²) in [6.07, 6.45) is 1.11. The Balaban J connectivity index is 2.00. The maximum atomic E-state index is 12.2. The van der Waals surface area contributed by atoms with Gasteiger partial charge < -0.3 is 20.3 Å². The molecule has 8 heteroatoms. The molecule has 0 fully saturated rings. The summed E-state index contributed by atoms with van der Waals surface area (Å²) >= 11 is 0. The fourth-order valence-corrected chi connectivity index (χ4v) is 2.75. The van der Waals surface area contributed by atoms with Crippen LogP contribution >= 0.6 is 0 Å². The van der Waals surface area contributed by atoms with Crippen molar-refractivity contribution in [3.63, 3.8) is 0 Å². The van der Waals surface area contributed by atoms with Crippen molar-refractivity contribution < 1.29 is 23.9 Å². The van der Waals surface area contributed by atoms with Gasteiger partial charge in [-0.25, -0.2) is 0 Å². The van der Waals surface area contributed by atoms with E-state index in [-0.39, 0.29) is 35.5 Å². The van der Waals surface area contributed by atoms with E-state index < -0.39 is 5.91 Å². The molecule has 2 aromatic rings. The summed E-state index contributed by atoms with van der Waals surface area (Å²) in [4.78, 5) is 49.3. The number of ether oxygens (including phenoxy) is 1. The molecule has 0 heterocycles. The first kappa shape index (κ1) is 23.6. The van der Waals surface area contributed by atoms with Crippen molar-refractivity contribution in [2.75, 3.05) is 31.3 Å². The van der Waals surface area contributed by atoms with Crippen molar-refractivity contribution in [3.05, 3.63) is 53.6 Å². The molecule has 0 saturated heterocycles. The van der Waals surface area contributed by atoms with Gasteiger partial charge in [0.15, 0.2) is 12.4 Å². The van der Waals surface area contributed by atoms with Gasteiger partial charge in [0.2, 0.25) is 5.91 Å². The number of carbonyl (C=O) groups is 4. The van der Waals surface area contributed by atoms with E-state index in [2.05, 4.69) is 10.6 Å². The Morgan fingerprint density at radius 1 is 0.903 bits per heavy atom. The Hall–Kier alpha value is -3.68. The fourth-order valence-electron chi connectivity index (χ4n) is 2.75. The summed E-state index contributed by atoms with van der Waals surface area (Å²) in [7, 11) is 3.33. The first-order valence-corrected chi connectivity index (χ1v) is 9.90. The zero-order valence-electron chi connectivity index (χ0n) is 18.2. The van der Waals surface area contributed by atoms with Gasteiger partial charge in [-0.05, 0) is 55.8 Å². The third kappa shape index (κ3) is 6.95. The molecule has 0 unspecified atom stereocenters. The van der Waals surface area contributed by atoms with Crippen LogP contribution in [-0.4, -0.2) is 49.1 Å². The lowest BCUT2D eigenvalue weighted by molar-refractivity contribution is -0.118. The lowest BCUT2D eigenvalue weighted by Gasteiger charge is -2.13. The number of hydrogen-bond donors (Lipinski definition) is 2. The molecule has 3 amide bonds. The van der Waals surface area contributed by atoms with Crippen LogP contribution in [0.2, 0.25) is 0 Å². The summed E-state index contributed by atoms with van der Waals surface area (Å²) < 4.78 is 5.53. The van der Waals surface area contributed by atoms with E-state index in [9.17, 15) is 19.2 Å². The lowest BCUT2D eigenvalue weighted by Crippen LogP contribution is -2.22. The highest BCUT2D eigenvalue weighted by molar-refractivity contribution is 6.00. The number of Topliss-reactive ketones (excluding diaryl/α,β-unsaturated/α-hetero) is 1. The summed E-state index contributed by atoms with van der Waals surface area (Å²) in [5.41, 5.74) is 1.79. The second-order valence-corrected chi connectivity index (χ2v) is 7.18. The van der Waals surface area contributed by atoms with Crippen LogP contribution < -0.4 is 15.4 Å². The molecule has 0 aromatic heterocycles. The van der Waals surface area contributed by atoms with Gasteiger partial charge in [-0.3, -0.25) is 19.2 Å². The van der Waals surface area contributed by atoms with Crippen LogP contribution in [0.3, 0.4) is 0 Å². The van der Waals surface area contributed by atoms with Crippen molar-refractivity contribution in [1.29, 1.82) is 0 Å². The van der Waals surface area contributed by atoms with E-state index in [1.807, 2.05) is 6.92 Å². The number of carbonyl (C=O) groups excluding carboxylic acids is 4. The van der Waals surface area contributed by atoms with Gasteiger partial charge in [0.05, 0.1) is 5.56 Å². The predicted octanol–water partition coefficient (Wildman–Crippen LogP) is 3.35. The van der Waals surface area contributed by atoms with Crippen LogP contribution in [0.25, 0.3) is 0 Å². The molecule has 2 aromatic carbocycles. The third-order valence-corrected chi connectivity index (χ3v) is 4.30. The van der Waals surface area contributed by atoms with Crippen molar-refractivity contribution in [2.24, 2.45) is 0 Å². The molecule has 0 bridgehead atoms. The normalized spacial score (nSPS) is 10.2. The number of ketones is 1. The molecule has 31 heavy (non-hydrogen) atoms. The summed E-state index contributed by atoms with van der Waals surface area (Å²) in [5.74, 6) is -0.677. The molecule has 0 aliphatic carbocycles. The van der Waals surface area contributed by atoms with Gasteiger partial charge >= 0.3 is 0 Å². The van der Waals surface area contributed by atoms with Crippen LogP contribution in [0.1, 0.15) is 47.4 Å². The van der Waals surface area contributed by atoms with Crippen LogP contribution in [0, 0.1) is 0 Å². The van der Waals surface area contributed by atoms with Gasteiger partial charge in [-0.15, -0.1) is 0 Å². The molecule has 0 saturated carbocycles. The second-order valence-electron chi connectivity index (χ2n) is 7.18. The Kier molecular flexibility index (Phi) is 8.31. The minimum absolute atomic E-state index is 0.132. The first-order valence-electron chi connectivity index (χ1n) is 9.90. The van der Waals surface area contributed by atoms with E-state index in [0.717, 1.165) is 6.42 Å². The quantitative estimate of drug-likeness (QED) is 0.600. The number of anilines is 2. The Morgan fingerprint density at radius 2 is 1.52 bits per heavy atom. The van der Waals surface area contributed by atoms with E-state index in [1.165, 1.54) is 17.9 Å². The van der Waals surface area contributed by atoms with Crippen LogP contribution in [0.15, 0.2) is 42.5 Å². The topological polar surface area (TPSA) is 105 Å². The SMILES string of the molecule is CCCC(=O)Nc1ccc(OCC(=O)Nc2ccc(C(=O)N(C)C)cc2)c(C(C)=O)c1. The smallest absolute Gasteiger partial charge is 0.262 e. The van der Waals surface area contributed by atoms with Gasteiger partial charge in [-0.1, -0.05) is 6.92 Å². The number of hydrogen-bond acceptors (Lipinski definition) is 5.